The number of aliphatic hydroxyl groups excluding tert-OH is 1. The minimum absolute atomic E-state index is 0.0836. The highest BCUT2D eigenvalue weighted by Crippen LogP contribution is 2.53. The second-order valence-electron chi connectivity index (χ2n) is 5.44. The lowest BCUT2D eigenvalue weighted by Gasteiger charge is -2.55. The lowest BCUT2D eigenvalue weighted by molar-refractivity contribution is -0.224. The third kappa shape index (κ3) is 2.13. The van der Waals surface area contributed by atoms with Gasteiger partial charge in [0.15, 0.2) is 0 Å². The van der Waals surface area contributed by atoms with Crippen LogP contribution in [0.1, 0.15) is 45.4 Å². The van der Waals surface area contributed by atoms with Crippen molar-refractivity contribution >= 4 is 0 Å². The van der Waals surface area contributed by atoms with Crippen LogP contribution in [0.5, 0.6) is 0 Å². The molecule has 2 rings (SSSR count). The molecule has 0 heterocycles. The van der Waals surface area contributed by atoms with Crippen LogP contribution in [0.4, 0.5) is 0 Å². The summed E-state index contributed by atoms with van der Waals surface area (Å²) < 4.78 is 11.1. The minimum atomic E-state index is -0.132. The molecule has 2 aliphatic carbocycles. The molecule has 0 saturated heterocycles. The number of ether oxygens (including phenoxy) is 2. The maximum Gasteiger partial charge on any atom is 0.0784 e. The molecule has 1 spiro atoms. The van der Waals surface area contributed by atoms with Crippen LogP contribution in [0.3, 0.4) is 0 Å². The Hall–Kier alpha value is -0.120. The van der Waals surface area contributed by atoms with E-state index >= 15 is 0 Å². The maximum atomic E-state index is 10.0. The van der Waals surface area contributed by atoms with Gasteiger partial charge in [-0.15, -0.1) is 0 Å². The van der Waals surface area contributed by atoms with E-state index in [1.165, 1.54) is 19.3 Å². The van der Waals surface area contributed by atoms with Gasteiger partial charge in [-0.05, 0) is 19.8 Å². The highest BCUT2D eigenvalue weighted by molar-refractivity contribution is 5.05. The molecule has 16 heavy (non-hydrogen) atoms. The fraction of sp³-hybridized carbons (Fsp3) is 1.00. The predicted octanol–water partition coefficient (Wildman–Crippen LogP) is 2.12. The Morgan fingerprint density at radius 2 is 2.00 bits per heavy atom. The lowest BCUT2D eigenvalue weighted by Crippen LogP contribution is -2.59. The van der Waals surface area contributed by atoms with E-state index in [0.29, 0.717) is 6.61 Å². The van der Waals surface area contributed by atoms with Crippen molar-refractivity contribution in [3.63, 3.8) is 0 Å². The molecule has 3 unspecified atom stereocenters. The first-order valence-corrected chi connectivity index (χ1v) is 6.51. The lowest BCUT2D eigenvalue weighted by atomic mass is 9.56. The van der Waals surface area contributed by atoms with Crippen molar-refractivity contribution in [2.24, 2.45) is 5.41 Å². The van der Waals surface area contributed by atoms with Crippen LogP contribution in [0, 0.1) is 5.41 Å². The number of methoxy groups -OCH3 is 1. The summed E-state index contributed by atoms with van der Waals surface area (Å²) in [5, 5.41) is 10.0. The van der Waals surface area contributed by atoms with E-state index in [2.05, 4.69) is 0 Å². The zero-order valence-corrected chi connectivity index (χ0v) is 10.4. The van der Waals surface area contributed by atoms with Gasteiger partial charge in [0, 0.05) is 18.9 Å². The van der Waals surface area contributed by atoms with Gasteiger partial charge in [0.25, 0.3) is 0 Å². The molecule has 3 nitrogen and oxygen atoms in total. The summed E-state index contributed by atoms with van der Waals surface area (Å²) in [5.41, 5.74) is 0.0836. The van der Waals surface area contributed by atoms with Crippen molar-refractivity contribution in [2.45, 2.75) is 63.8 Å². The van der Waals surface area contributed by atoms with Crippen molar-refractivity contribution in [1.82, 2.24) is 0 Å². The molecular weight excluding hydrogens is 204 g/mol. The van der Waals surface area contributed by atoms with E-state index in [4.69, 9.17) is 9.47 Å². The molecule has 0 aromatic heterocycles. The number of rotatable bonds is 4. The summed E-state index contributed by atoms with van der Waals surface area (Å²) in [5.74, 6) is 0. The third-order valence-electron chi connectivity index (χ3n) is 4.32. The summed E-state index contributed by atoms with van der Waals surface area (Å²) in [4.78, 5) is 0. The fourth-order valence-corrected chi connectivity index (χ4v) is 3.34. The Morgan fingerprint density at radius 3 is 2.56 bits per heavy atom. The largest absolute Gasteiger partial charge is 0.392 e. The van der Waals surface area contributed by atoms with E-state index in [1.54, 1.807) is 7.11 Å². The Balaban J connectivity index is 1.90. The molecule has 1 N–H and O–H groups in total. The van der Waals surface area contributed by atoms with Gasteiger partial charge < -0.3 is 14.6 Å². The molecule has 0 aromatic carbocycles. The summed E-state index contributed by atoms with van der Waals surface area (Å²) in [7, 11) is 1.70. The SMILES string of the molecule is COCC(C)OC1CC(O)C12CCCCC2. The van der Waals surface area contributed by atoms with Crippen molar-refractivity contribution in [3.05, 3.63) is 0 Å². The van der Waals surface area contributed by atoms with E-state index in [1.807, 2.05) is 6.92 Å². The van der Waals surface area contributed by atoms with Crippen LogP contribution in [-0.2, 0) is 9.47 Å². The molecule has 0 aliphatic heterocycles. The highest BCUT2D eigenvalue weighted by atomic mass is 16.5. The Bertz CT molecular complexity index is 223. The normalized spacial score (nSPS) is 34.7. The number of aliphatic hydroxyl groups is 1. The fourth-order valence-electron chi connectivity index (χ4n) is 3.34. The molecule has 0 aromatic rings. The Labute approximate surface area is 98.1 Å². The molecular formula is C13H24O3. The van der Waals surface area contributed by atoms with Gasteiger partial charge in [-0.25, -0.2) is 0 Å². The standard InChI is InChI=1S/C13H24O3/c1-10(9-15-2)16-12-8-11(14)13(12)6-4-3-5-7-13/h10-12,14H,3-9H2,1-2H3. The van der Waals surface area contributed by atoms with Gasteiger partial charge in [-0.3, -0.25) is 0 Å². The summed E-state index contributed by atoms with van der Waals surface area (Å²) in [6, 6.07) is 0. The topological polar surface area (TPSA) is 38.7 Å². The Morgan fingerprint density at radius 1 is 1.31 bits per heavy atom. The average molecular weight is 228 g/mol. The molecule has 3 heteroatoms. The van der Waals surface area contributed by atoms with Gasteiger partial charge in [0.05, 0.1) is 24.9 Å². The molecule has 2 aliphatic rings. The molecule has 0 bridgehead atoms. The van der Waals surface area contributed by atoms with Gasteiger partial charge in [0.1, 0.15) is 0 Å². The van der Waals surface area contributed by atoms with Crippen molar-refractivity contribution < 1.29 is 14.6 Å². The van der Waals surface area contributed by atoms with Crippen LogP contribution in [-0.4, -0.2) is 37.1 Å². The zero-order chi connectivity index (χ0) is 11.6. The second kappa shape index (κ2) is 5.03. The Kier molecular flexibility index (Phi) is 3.88. The van der Waals surface area contributed by atoms with Crippen LogP contribution >= 0.6 is 0 Å². The van der Waals surface area contributed by atoms with Crippen LogP contribution in [0.2, 0.25) is 0 Å². The maximum absolute atomic E-state index is 10.0. The number of hydrogen-bond acceptors (Lipinski definition) is 3. The predicted molar refractivity (Wildman–Crippen MR) is 62.4 cm³/mol. The third-order valence-corrected chi connectivity index (χ3v) is 4.32. The first kappa shape index (κ1) is 12.3. The van der Waals surface area contributed by atoms with Crippen molar-refractivity contribution in [2.75, 3.05) is 13.7 Å². The van der Waals surface area contributed by atoms with Gasteiger partial charge in [0.2, 0.25) is 0 Å². The van der Waals surface area contributed by atoms with Gasteiger partial charge in [-0.1, -0.05) is 19.3 Å². The zero-order valence-electron chi connectivity index (χ0n) is 10.4. The van der Waals surface area contributed by atoms with Crippen LogP contribution in [0.25, 0.3) is 0 Å². The van der Waals surface area contributed by atoms with Crippen LogP contribution < -0.4 is 0 Å². The molecule has 2 saturated carbocycles. The first-order chi connectivity index (χ1) is 7.69. The van der Waals surface area contributed by atoms with Crippen LogP contribution in [0.15, 0.2) is 0 Å². The smallest absolute Gasteiger partial charge is 0.0784 e. The highest BCUT2D eigenvalue weighted by Gasteiger charge is 2.55. The van der Waals surface area contributed by atoms with Crippen molar-refractivity contribution in [3.8, 4) is 0 Å². The minimum Gasteiger partial charge on any atom is -0.392 e. The van der Waals surface area contributed by atoms with E-state index in [9.17, 15) is 5.11 Å². The second-order valence-corrected chi connectivity index (χ2v) is 5.44. The first-order valence-electron chi connectivity index (χ1n) is 6.51. The van der Waals surface area contributed by atoms with Gasteiger partial charge in [-0.2, -0.15) is 0 Å². The van der Waals surface area contributed by atoms with Crippen molar-refractivity contribution in [1.29, 1.82) is 0 Å². The summed E-state index contributed by atoms with van der Waals surface area (Å²) in [6.45, 7) is 2.69. The summed E-state index contributed by atoms with van der Waals surface area (Å²) >= 11 is 0. The molecule has 3 atom stereocenters. The summed E-state index contributed by atoms with van der Waals surface area (Å²) in [6.07, 6.45) is 7.16. The van der Waals surface area contributed by atoms with E-state index < -0.39 is 0 Å². The van der Waals surface area contributed by atoms with Gasteiger partial charge >= 0.3 is 0 Å². The average Bonchev–Trinajstić information content (AvgIpc) is 2.30. The monoisotopic (exact) mass is 228 g/mol. The molecule has 0 amide bonds. The molecule has 94 valence electrons. The van der Waals surface area contributed by atoms with E-state index in [0.717, 1.165) is 19.3 Å². The molecule has 0 radical (unpaired) electrons. The number of hydrogen-bond donors (Lipinski definition) is 1. The van der Waals surface area contributed by atoms with E-state index in [-0.39, 0.29) is 23.7 Å². The molecule has 2 fully saturated rings. The quantitative estimate of drug-likeness (QED) is 0.801.